The summed E-state index contributed by atoms with van der Waals surface area (Å²) in [6.45, 7) is 1.46. The molecule has 6 heteroatoms. The van der Waals surface area contributed by atoms with E-state index in [1.54, 1.807) is 31.4 Å². The minimum Gasteiger partial charge on any atom is -0.497 e. The van der Waals surface area contributed by atoms with Gasteiger partial charge in [0.15, 0.2) is 0 Å². The van der Waals surface area contributed by atoms with Gasteiger partial charge in [0, 0.05) is 30.2 Å². The minimum atomic E-state index is -0.958. The number of aromatic nitrogens is 1. The second kappa shape index (κ2) is 7.99. The Morgan fingerprint density at radius 3 is 2.52 bits per heavy atom. The van der Waals surface area contributed by atoms with Gasteiger partial charge in [-0.15, -0.1) is 0 Å². The number of hydrogen-bond donors (Lipinski definition) is 2. The monoisotopic (exact) mass is 392 g/mol. The van der Waals surface area contributed by atoms with Crippen molar-refractivity contribution in [1.82, 2.24) is 9.88 Å². The Kier molecular flexibility index (Phi) is 5.25. The van der Waals surface area contributed by atoms with E-state index in [2.05, 4.69) is 17.2 Å². The van der Waals surface area contributed by atoms with Crippen LogP contribution >= 0.6 is 0 Å². The largest absolute Gasteiger partial charge is 0.497 e. The van der Waals surface area contributed by atoms with Gasteiger partial charge in [0.25, 0.3) is 0 Å². The third-order valence-corrected chi connectivity index (χ3v) is 5.76. The first-order valence-electron chi connectivity index (χ1n) is 9.80. The summed E-state index contributed by atoms with van der Waals surface area (Å²) in [6, 6.07) is 12.6. The molecule has 1 aliphatic rings. The van der Waals surface area contributed by atoms with Crippen molar-refractivity contribution in [2.75, 3.05) is 20.2 Å². The molecule has 0 bridgehead atoms. The van der Waals surface area contributed by atoms with Crippen LogP contribution in [-0.2, 0) is 11.2 Å². The number of methoxy groups -OCH3 is 1. The molecule has 1 amide bonds. The Morgan fingerprint density at radius 2 is 1.86 bits per heavy atom. The molecule has 2 heterocycles. The molecule has 6 nitrogen and oxygen atoms in total. The summed E-state index contributed by atoms with van der Waals surface area (Å²) < 4.78 is 5.36. The summed E-state index contributed by atoms with van der Waals surface area (Å²) in [5, 5.41) is 10.2. The second-order valence-electron chi connectivity index (χ2n) is 7.49. The number of aromatic amines is 1. The van der Waals surface area contributed by atoms with E-state index in [4.69, 9.17) is 9.84 Å². The number of ether oxygens (including phenoxy) is 1. The first-order chi connectivity index (χ1) is 14.0. The number of rotatable bonds is 5. The highest BCUT2D eigenvalue weighted by Crippen LogP contribution is 2.34. The molecule has 0 aliphatic carbocycles. The Labute approximate surface area is 169 Å². The van der Waals surface area contributed by atoms with Gasteiger partial charge in [0.05, 0.1) is 19.1 Å². The van der Waals surface area contributed by atoms with Crippen molar-refractivity contribution in [3.05, 3.63) is 65.4 Å². The summed E-state index contributed by atoms with van der Waals surface area (Å²) in [5.74, 6) is 0.390. The number of aromatic carboxylic acids is 1. The molecule has 2 N–H and O–H groups in total. The van der Waals surface area contributed by atoms with Gasteiger partial charge in [-0.25, -0.2) is 4.79 Å². The lowest BCUT2D eigenvalue weighted by atomic mass is 9.89. The lowest BCUT2D eigenvalue weighted by molar-refractivity contribution is -0.131. The molecule has 29 heavy (non-hydrogen) atoms. The van der Waals surface area contributed by atoms with Gasteiger partial charge in [-0.1, -0.05) is 12.1 Å². The third kappa shape index (κ3) is 3.97. The molecular formula is C23H24N2O4. The molecule has 3 aromatic rings. The van der Waals surface area contributed by atoms with Crippen LogP contribution in [0.1, 0.15) is 40.2 Å². The molecule has 150 valence electrons. The molecule has 0 atom stereocenters. The molecule has 0 spiro atoms. The van der Waals surface area contributed by atoms with Crippen molar-refractivity contribution >= 4 is 22.8 Å². The van der Waals surface area contributed by atoms with Gasteiger partial charge >= 0.3 is 5.97 Å². The molecule has 1 saturated heterocycles. The van der Waals surface area contributed by atoms with Crippen LogP contribution in [0.25, 0.3) is 10.9 Å². The van der Waals surface area contributed by atoms with Gasteiger partial charge in [-0.05, 0) is 60.2 Å². The summed E-state index contributed by atoms with van der Waals surface area (Å²) in [5.41, 5.74) is 3.46. The number of benzene rings is 2. The Balaban J connectivity index is 1.39. The fourth-order valence-corrected chi connectivity index (χ4v) is 4.08. The topological polar surface area (TPSA) is 82.6 Å². The number of H-pyrrole nitrogens is 1. The number of carboxylic acid groups (broad SMARTS) is 1. The zero-order valence-corrected chi connectivity index (χ0v) is 16.4. The van der Waals surface area contributed by atoms with E-state index in [9.17, 15) is 9.59 Å². The van der Waals surface area contributed by atoms with Gasteiger partial charge in [0.2, 0.25) is 5.91 Å². The standard InChI is InChI=1S/C23H24N2O4/c1-29-18-6-7-21-19(13-18)20(14-24-21)16-8-10-25(11-9-16)22(26)12-15-2-4-17(5-3-15)23(27)28/h2-7,13-14,16,24H,8-12H2,1H3,(H,27,28). The van der Waals surface area contributed by atoms with Crippen LogP contribution < -0.4 is 4.74 Å². The first kappa shape index (κ1) is 19.1. The molecule has 1 aromatic heterocycles. The van der Waals surface area contributed by atoms with E-state index in [1.807, 2.05) is 17.0 Å². The van der Waals surface area contributed by atoms with E-state index in [1.165, 1.54) is 10.9 Å². The molecule has 1 fully saturated rings. The molecule has 0 unspecified atom stereocenters. The van der Waals surface area contributed by atoms with Crippen molar-refractivity contribution in [2.45, 2.75) is 25.2 Å². The number of carbonyl (C=O) groups is 2. The van der Waals surface area contributed by atoms with Crippen molar-refractivity contribution in [3.63, 3.8) is 0 Å². The zero-order chi connectivity index (χ0) is 20.4. The summed E-state index contributed by atoms with van der Waals surface area (Å²) in [4.78, 5) is 28.9. The quantitative estimate of drug-likeness (QED) is 0.691. The average molecular weight is 392 g/mol. The van der Waals surface area contributed by atoms with Gasteiger partial charge in [-0.3, -0.25) is 4.79 Å². The van der Waals surface area contributed by atoms with Crippen LogP contribution in [0.15, 0.2) is 48.7 Å². The molecule has 1 aliphatic heterocycles. The fraction of sp³-hybridized carbons (Fsp3) is 0.304. The third-order valence-electron chi connectivity index (χ3n) is 5.76. The lowest BCUT2D eigenvalue weighted by Gasteiger charge is -2.32. The fourth-order valence-electron chi connectivity index (χ4n) is 4.08. The zero-order valence-electron chi connectivity index (χ0n) is 16.4. The SMILES string of the molecule is COc1ccc2[nH]cc(C3CCN(C(=O)Cc4ccc(C(=O)O)cc4)CC3)c2c1. The summed E-state index contributed by atoms with van der Waals surface area (Å²) >= 11 is 0. The maximum atomic E-state index is 12.7. The summed E-state index contributed by atoms with van der Waals surface area (Å²) in [7, 11) is 1.67. The molecule has 0 radical (unpaired) electrons. The Morgan fingerprint density at radius 1 is 1.14 bits per heavy atom. The van der Waals surface area contributed by atoms with Gasteiger partial charge < -0.3 is 19.7 Å². The smallest absolute Gasteiger partial charge is 0.335 e. The molecule has 0 saturated carbocycles. The average Bonchev–Trinajstić information content (AvgIpc) is 3.17. The highest BCUT2D eigenvalue weighted by molar-refractivity contribution is 5.88. The predicted molar refractivity (Wildman–Crippen MR) is 111 cm³/mol. The Bertz CT molecular complexity index is 1030. The number of carboxylic acids is 1. The lowest BCUT2D eigenvalue weighted by Crippen LogP contribution is -2.38. The van der Waals surface area contributed by atoms with Crippen LogP contribution in [0.5, 0.6) is 5.75 Å². The number of hydrogen-bond acceptors (Lipinski definition) is 3. The van der Waals surface area contributed by atoms with E-state index in [-0.39, 0.29) is 11.5 Å². The number of piperidine rings is 1. The maximum Gasteiger partial charge on any atom is 0.335 e. The van der Waals surface area contributed by atoms with Crippen LogP contribution in [0.2, 0.25) is 0 Å². The van der Waals surface area contributed by atoms with Crippen molar-refractivity contribution in [1.29, 1.82) is 0 Å². The second-order valence-corrected chi connectivity index (χ2v) is 7.49. The predicted octanol–water partition coefficient (Wildman–Crippen LogP) is 3.82. The maximum absolute atomic E-state index is 12.7. The van der Waals surface area contributed by atoms with Crippen molar-refractivity contribution in [3.8, 4) is 5.75 Å². The normalized spacial score (nSPS) is 14.9. The highest BCUT2D eigenvalue weighted by atomic mass is 16.5. The van der Waals surface area contributed by atoms with Crippen LogP contribution in [0, 0.1) is 0 Å². The van der Waals surface area contributed by atoms with Crippen LogP contribution in [0.4, 0.5) is 0 Å². The number of fused-ring (bicyclic) bond motifs is 1. The molecule has 2 aromatic carbocycles. The van der Waals surface area contributed by atoms with E-state index in [0.29, 0.717) is 12.3 Å². The molecule has 4 rings (SSSR count). The number of carbonyl (C=O) groups excluding carboxylic acids is 1. The van der Waals surface area contributed by atoms with Crippen LogP contribution in [-0.4, -0.2) is 47.1 Å². The van der Waals surface area contributed by atoms with Crippen molar-refractivity contribution < 1.29 is 19.4 Å². The number of nitrogens with zero attached hydrogens (tertiary/aromatic N) is 1. The van der Waals surface area contributed by atoms with Crippen molar-refractivity contribution in [2.24, 2.45) is 0 Å². The minimum absolute atomic E-state index is 0.0899. The van der Waals surface area contributed by atoms with E-state index >= 15 is 0 Å². The van der Waals surface area contributed by atoms with Crippen LogP contribution in [0.3, 0.4) is 0 Å². The van der Waals surface area contributed by atoms with E-state index < -0.39 is 5.97 Å². The highest BCUT2D eigenvalue weighted by Gasteiger charge is 2.25. The Hall–Kier alpha value is -3.28. The number of likely N-dealkylation sites (tertiary alicyclic amines) is 1. The first-order valence-corrected chi connectivity index (χ1v) is 9.80. The number of nitrogens with one attached hydrogen (secondary N) is 1. The van der Waals surface area contributed by atoms with Gasteiger partial charge in [0.1, 0.15) is 5.75 Å². The molecular weight excluding hydrogens is 368 g/mol. The van der Waals surface area contributed by atoms with Gasteiger partial charge in [-0.2, -0.15) is 0 Å². The van der Waals surface area contributed by atoms with E-state index in [0.717, 1.165) is 42.8 Å². The summed E-state index contributed by atoms with van der Waals surface area (Å²) in [6.07, 6.45) is 4.23. The number of amides is 1.